The fraction of sp³-hybridized carbons (Fsp3) is 0.524. The normalized spacial score (nSPS) is 24.1. The van der Waals surface area contributed by atoms with Crippen LogP contribution in [-0.4, -0.2) is 60.9 Å². The van der Waals surface area contributed by atoms with Crippen LogP contribution in [0.2, 0.25) is 0 Å². The Morgan fingerprint density at radius 3 is 2.60 bits per heavy atom. The number of hydrogen-bond donors (Lipinski definition) is 1. The van der Waals surface area contributed by atoms with Crippen LogP contribution in [0.3, 0.4) is 0 Å². The number of hydrogen-bond acceptors (Lipinski definition) is 6. The number of carbonyl (C=O) groups is 1. The van der Waals surface area contributed by atoms with Crippen LogP contribution in [0.1, 0.15) is 45.2 Å². The van der Waals surface area contributed by atoms with Crippen LogP contribution in [-0.2, 0) is 16.3 Å². The molecule has 0 radical (unpaired) electrons. The van der Waals surface area contributed by atoms with E-state index in [1.807, 2.05) is 0 Å². The summed E-state index contributed by atoms with van der Waals surface area (Å²) in [5, 5.41) is 3.76. The maximum absolute atomic E-state index is 13.1. The van der Waals surface area contributed by atoms with Crippen molar-refractivity contribution >= 4 is 27.1 Å². The van der Waals surface area contributed by atoms with Gasteiger partial charge < -0.3 is 5.32 Å². The van der Waals surface area contributed by atoms with Crippen molar-refractivity contribution in [3.63, 3.8) is 0 Å². The van der Waals surface area contributed by atoms with Gasteiger partial charge in [-0.2, -0.15) is 0 Å². The first kappa shape index (κ1) is 21.4. The lowest BCUT2D eigenvalue weighted by Crippen LogP contribution is -2.52. The predicted octanol–water partition coefficient (Wildman–Crippen LogP) is 2.56. The van der Waals surface area contributed by atoms with Gasteiger partial charge in [-0.1, -0.05) is 18.6 Å². The summed E-state index contributed by atoms with van der Waals surface area (Å²) in [4.78, 5) is 20.2. The first-order valence-corrected chi connectivity index (χ1v) is 12.9. The van der Waals surface area contributed by atoms with Crippen LogP contribution in [0.4, 0.5) is 4.39 Å². The molecule has 0 aliphatic carbocycles. The van der Waals surface area contributed by atoms with Crippen molar-refractivity contribution in [1.29, 1.82) is 0 Å². The molecule has 2 aliphatic rings. The van der Waals surface area contributed by atoms with Crippen LogP contribution in [0.15, 0.2) is 24.3 Å². The second-order valence-corrected chi connectivity index (χ2v) is 11.4. The van der Waals surface area contributed by atoms with Gasteiger partial charge in [-0.25, -0.2) is 17.8 Å². The third-order valence-electron chi connectivity index (χ3n) is 5.81. The molecule has 2 saturated heterocycles. The van der Waals surface area contributed by atoms with E-state index in [2.05, 4.69) is 15.2 Å². The lowest BCUT2D eigenvalue weighted by molar-refractivity contribution is 0.0903. The van der Waals surface area contributed by atoms with Crippen molar-refractivity contribution in [1.82, 2.24) is 15.2 Å². The molecular weight excluding hydrogens is 425 g/mol. The molecule has 4 rings (SSSR count). The van der Waals surface area contributed by atoms with Crippen LogP contribution >= 0.6 is 11.3 Å². The molecule has 162 valence electrons. The van der Waals surface area contributed by atoms with Crippen molar-refractivity contribution in [2.24, 2.45) is 0 Å². The maximum Gasteiger partial charge on any atom is 0.263 e. The number of halogens is 1. The molecule has 6 nitrogen and oxygen atoms in total. The minimum atomic E-state index is -3.17. The Kier molecular flexibility index (Phi) is 6.22. The average molecular weight is 452 g/mol. The zero-order valence-electron chi connectivity index (χ0n) is 16.9. The molecule has 2 fully saturated rings. The number of rotatable bonds is 5. The van der Waals surface area contributed by atoms with Gasteiger partial charge in [0.05, 0.1) is 28.2 Å². The third-order valence-corrected chi connectivity index (χ3v) is 8.69. The van der Waals surface area contributed by atoms with E-state index in [1.54, 1.807) is 19.1 Å². The Labute approximate surface area is 180 Å². The first-order chi connectivity index (χ1) is 14.3. The van der Waals surface area contributed by atoms with Gasteiger partial charge in [0.25, 0.3) is 5.91 Å². The second kappa shape index (κ2) is 8.72. The molecule has 1 amide bonds. The lowest BCUT2D eigenvalue weighted by Gasteiger charge is -2.34. The highest BCUT2D eigenvalue weighted by Gasteiger charge is 2.42. The van der Waals surface area contributed by atoms with E-state index >= 15 is 0 Å². The van der Waals surface area contributed by atoms with Gasteiger partial charge in [0, 0.05) is 12.5 Å². The standard InChI is InChI=1S/C21H26FN3O3S2/c1-14-20(29-19(23-14)11-15-5-7-16(22)8-6-15)21(26)24-17-12-30(27,28)13-18(17)25-9-3-2-4-10-25/h5-8,17-18H,2-4,9-13H2,1H3,(H,24,26). The van der Waals surface area contributed by atoms with E-state index in [9.17, 15) is 17.6 Å². The number of likely N-dealkylation sites (tertiary alicyclic amines) is 1. The van der Waals surface area contributed by atoms with E-state index in [4.69, 9.17) is 0 Å². The molecule has 30 heavy (non-hydrogen) atoms. The predicted molar refractivity (Wildman–Crippen MR) is 115 cm³/mol. The van der Waals surface area contributed by atoms with Crippen molar-refractivity contribution in [2.75, 3.05) is 24.6 Å². The van der Waals surface area contributed by atoms with E-state index in [1.165, 1.54) is 29.9 Å². The molecule has 2 aromatic rings. The fourth-order valence-corrected chi connectivity index (χ4v) is 7.28. The highest BCUT2D eigenvalue weighted by atomic mass is 32.2. The summed E-state index contributed by atoms with van der Waals surface area (Å²) in [6.07, 6.45) is 3.83. The minimum absolute atomic E-state index is 0.0137. The summed E-state index contributed by atoms with van der Waals surface area (Å²) in [7, 11) is -3.17. The van der Waals surface area contributed by atoms with Gasteiger partial charge in [-0.3, -0.25) is 9.69 Å². The molecule has 0 saturated carbocycles. The van der Waals surface area contributed by atoms with Gasteiger partial charge in [-0.15, -0.1) is 11.3 Å². The number of amides is 1. The largest absolute Gasteiger partial charge is 0.346 e. The molecule has 2 unspecified atom stereocenters. The number of benzene rings is 1. The summed E-state index contributed by atoms with van der Waals surface area (Å²) in [5.41, 5.74) is 1.55. The molecule has 0 bridgehead atoms. The number of sulfone groups is 1. The van der Waals surface area contributed by atoms with Crippen LogP contribution < -0.4 is 5.32 Å². The van der Waals surface area contributed by atoms with Gasteiger partial charge in [0.2, 0.25) is 0 Å². The number of aryl methyl sites for hydroxylation is 1. The zero-order chi connectivity index (χ0) is 21.3. The van der Waals surface area contributed by atoms with E-state index in [0.717, 1.165) is 36.5 Å². The minimum Gasteiger partial charge on any atom is -0.346 e. The number of thiazole rings is 1. The zero-order valence-corrected chi connectivity index (χ0v) is 18.6. The Morgan fingerprint density at radius 2 is 1.90 bits per heavy atom. The molecule has 0 spiro atoms. The van der Waals surface area contributed by atoms with Gasteiger partial charge in [-0.05, 0) is 50.6 Å². The lowest BCUT2D eigenvalue weighted by atomic mass is 10.0. The summed E-state index contributed by atoms with van der Waals surface area (Å²) in [6.45, 7) is 3.55. The molecule has 9 heteroatoms. The number of carbonyl (C=O) groups excluding carboxylic acids is 1. The summed E-state index contributed by atoms with van der Waals surface area (Å²) in [5.74, 6) is -0.460. The smallest absolute Gasteiger partial charge is 0.263 e. The van der Waals surface area contributed by atoms with Gasteiger partial charge >= 0.3 is 0 Å². The van der Waals surface area contributed by atoms with Crippen molar-refractivity contribution < 1.29 is 17.6 Å². The topological polar surface area (TPSA) is 79.4 Å². The number of nitrogens with one attached hydrogen (secondary N) is 1. The summed E-state index contributed by atoms with van der Waals surface area (Å²) < 4.78 is 37.7. The van der Waals surface area contributed by atoms with Gasteiger partial charge in [0.15, 0.2) is 9.84 Å². The third kappa shape index (κ3) is 4.90. The molecule has 2 atom stereocenters. The first-order valence-electron chi connectivity index (χ1n) is 10.3. The monoisotopic (exact) mass is 451 g/mol. The molecular formula is C21H26FN3O3S2. The van der Waals surface area contributed by atoms with Crippen LogP contribution in [0.5, 0.6) is 0 Å². The maximum atomic E-state index is 13.1. The van der Waals surface area contributed by atoms with Crippen molar-refractivity contribution in [2.45, 2.75) is 44.7 Å². The summed E-state index contributed by atoms with van der Waals surface area (Å²) >= 11 is 1.31. The van der Waals surface area contributed by atoms with Crippen molar-refractivity contribution in [3.05, 3.63) is 51.2 Å². The van der Waals surface area contributed by atoms with E-state index < -0.39 is 15.9 Å². The van der Waals surface area contributed by atoms with Crippen LogP contribution in [0.25, 0.3) is 0 Å². The SMILES string of the molecule is Cc1nc(Cc2ccc(F)cc2)sc1C(=O)NC1CS(=O)(=O)CC1N1CCCCC1. The summed E-state index contributed by atoms with van der Waals surface area (Å²) in [6, 6.07) is 5.67. The Hall–Kier alpha value is -1.84. The highest BCUT2D eigenvalue weighted by Crippen LogP contribution is 2.25. The molecule has 1 aromatic carbocycles. The van der Waals surface area contributed by atoms with Gasteiger partial charge in [0.1, 0.15) is 10.7 Å². The Balaban J connectivity index is 1.47. The molecule has 2 aliphatic heterocycles. The number of piperidine rings is 1. The van der Waals surface area contributed by atoms with Crippen LogP contribution in [0, 0.1) is 12.7 Å². The average Bonchev–Trinajstić information content (AvgIpc) is 3.22. The fourth-order valence-electron chi connectivity index (χ4n) is 4.33. The van der Waals surface area contributed by atoms with Crippen molar-refractivity contribution in [3.8, 4) is 0 Å². The molecule has 1 N–H and O–H groups in total. The molecule has 1 aromatic heterocycles. The highest BCUT2D eigenvalue weighted by molar-refractivity contribution is 7.91. The van der Waals surface area contributed by atoms with E-state index in [0.29, 0.717) is 17.0 Å². The van der Waals surface area contributed by atoms with E-state index in [-0.39, 0.29) is 29.3 Å². The second-order valence-electron chi connectivity index (χ2n) is 8.15. The number of aromatic nitrogens is 1. The Bertz CT molecular complexity index is 1010. The quantitative estimate of drug-likeness (QED) is 0.756. The molecule has 3 heterocycles. The number of nitrogens with zero attached hydrogens (tertiary/aromatic N) is 2. The Morgan fingerprint density at radius 1 is 1.20 bits per heavy atom.